The van der Waals surface area contributed by atoms with Crippen molar-refractivity contribution in [2.75, 3.05) is 13.2 Å². The fraction of sp³-hybridized carbons (Fsp3) is 0.533. The molecule has 0 heterocycles. The Labute approximate surface area is 109 Å². The van der Waals surface area contributed by atoms with Gasteiger partial charge in [-0.2, -0.15) is 0 Å². The van der Waals surface area contributed by atoms with Crippen LogP contribution in [0.3, 0.4) is 0 Å². The highest BCUT2D eigenvalue weighted by Gasteiger charge is 2.17. The van der Waals surface area contributed by atoms with E-state index >= 15 is 0 Å². The number of ether oxygens (including phenoxy) is 2. The molecule has 0 aliphatic heterocycles. The normalized spacial score (nSPS) is 11.2. The highest BCUT2D eigenvalue weighted by Crippen LogP contribution is 2.24. The summed E-state index contributed by atoms with van der Waals surface area (Å²) in [6.07, 6.45) is 0. The van der Waals surface area contributed by atoms with E-state index in [1.807, 2.05) is 19.1 Å². The van der Waals surface area contributed by atoms with E-state index in [0.29, 0.717) is 24.5 Å². The van der Waals surface area contributed by atoms with Gasteiger partial charge in [-0.25, -0.2) is 4.79 Å². The summed E-state index contributed by atoms with van der Waals surface area (Å²) in [5.41, 5.74) is 1.61. The van der Waals surface area contributed by atoms with Gasteiger partial charge < -0.3 is 9.47 Å². The molecule has 1 aromatic rings. The van der Waals surface area contributed by atoms with Crippen molar-refractivity contribution in [1.82, 2.24) is 0 Å². The van der Waals surface area contributed by atoms with Crippen molar-refractivity contribution in [3.05, 3.63) is 29.3 Å². The first-order valence-corrected chi connectivity index (χ1v) is 6.24. The number of rotatable bonds is 4. The summed E-state index contributed by atoms with van der Waals surface area (Å²) in [5.74, 6) is 0.268. The van der Waals surface area contributed by atoms with Crippen LogP contribution in [0.5, 0.6) is 5.75 Å². The molecule has 0 unspecified atom stereocenters. The van der Waals surface area contributed by atoms with Gasteiger partial charge in [-0.3, -0.25) is 0 Å². The first-order valence-electron chi connectivity index (χ1n) is 6.24. The Bertz CT molecular complexity index is 416. The van der Waals surface area contributed by atoms with Crippen molar-refractivity contribution in [3.8, 4) is 5.75 Å². The fourth-order valence-corrected chi connectivity index (χ4v) is 1.42. The zero-order valence-electron chi connectivity index (χ0n) is 11.9. The number of hydrogen-bond donors (Lipinski definition) is 0. The van der Waals surface area contributed by atoms with Crippen molar-refractivity contribution < 1.29 is 14.3 Å². The molecular weight excluding hydrogens is 228 g/mol. The molecule has 0 amide bonds. The summed E-state index contributed by atoms with van der Waals surface area (Å²) in [7, 11) is 0. The van der Waals surface area contributed by atoms with Crippen LogP contribution in [0.1, 0.15) is 43.6 Å². The molecule has 0 aliphatic carbocycles. The van der Waals surface area contributed by atoms with E-state index in [0.717, 1.165) is 5.56 Å². The maximum Gasteiger partial charge on any atom is 0.341 e. The van der Waals surface area contributed by atoms with Gasteiger partial charge >= 0.3 is 5.97 Å². The molecule has 100 valence electrons. The highest BCUT2D eigenvalue weighted by atomic mass is 16.5. The molecular formula is C15H22O3. The summed E-state index contributed by atoms with van der Waals surface area (Å²) < 4.78 is 10.8. The zero-order valence-corrected chi connectivity index (χ0v) is 11.9. The maximum absolute atomic E-state index is 11.8. The molecule has 0 aromatic heterocycles. The van der Waals surface area contributed by atoms with Crippen molar-refractivity contribution in [3.63, 3.8) is 0 Å². The smallest absolute Gasteiger partial charge is 0.341 e. The average Bonchev–Trinajstić information content (AvgIpc) is 2.25. The number of hydrogen-bond acceptors (Lipinski definition) is 3. The fourth-order valence-electron chi connectivity index (χ4n) is 1.42. The van der Waals surface area contributed by atoms with Crippen molar-refractivity contribution in [1.29, 1.82) is 0 Å². The second-order valence-corrected chi connectivity index (χ2v) is 5.57. The van der Waals surface area contributed by atoms with Crippen LogP contribution >= 0.6 is 0 Å². The van der Waals surface area contributed by atoms with Crippen LogP contribution in [0.15, 0.2) is 18.2 Å². The van der Waals surface area contributed by atoms with E-state index in [1.54, 1.807) is 13.0 Å². The summed E-state index contributed by atoms with van der Waals surface area (Å²) in [4.78, 5) is 11.8. The average molecular weight is 250 g/mol. The van der Waals surface area contributed by atoms with Gasteiger partial charge in [0.25, 0.3) is 0 Å². The van der Waals surface area contributed by atoms with Crippen LogP contribution in [0.2, 0.25) is 0 Å². The summed E-state index contributed by atoms with van der Waals surface area (Å²) in [6, 6.07) is 5.51. The Morgan fingerprint density at radius 1 is 1.28 bits per heavy atom. The Morgan fingerprint density at radius 2 is 1.94 bits per heavy atom. The number of esters is 1. The highest BCUT2D eigenvalue weighted by molar-refractivity contribution is 5.92. The van der Waals surface area contributed by atoms with Crippen molar-refractivity contribution in [2.45, 2.75) is 34.6 Å². The topological polar surface area (TPSA) is 35.5 Å². The van der Waals surface area contributed by atoms with Gasteiger partial charge in [0.1, 0.15) is 11.3 Å². The lowest BCUT2D eigenvalue weighted by molar-refractivity contribution is 0.0519. The monoisotopic (exact) mass is 250 g/mol. The Hall–Kier alpha value is -1.51. The number of carbonyl (C=O) groups is 1. The third-order valence-corrected chi connectivity index (χ3v) is 2.29. The Kier molecular flexibility index (Phi) is 4.76. The molecule has 0 spiro atoms. The van der Waals surface area contributed by atoms with Gasteiger partial charge in [0.2, 0.25) is 0 Å². The maximum atomic E-state index is 11.8. The number of carbonyl (C=O) groups excluding carboxylic acids is 1. The van der Waals surface area contributed by atoms with E-state index in [-0.39, 0.29) is 11.4 Å². The van der Waals surface area contributed by atoms with Gasteiger partial charge in [0.05, 0.1) is 13.2 Å². The lowest BCUT2D eigenvalue weighted by Gasteiger charge is -2.20. The summed E-state index contributed by atoms with van der Waals surface area (Å²) >= 11 is 0. The molecule has 0 saturated carbocycles. The van der Waals surface area contributed by atoms with Crippen LogP contribution in [0.4, 0.5) is 0 Å². The van der Waals surface area contributed by atoms with Crippen molar-refractivity contribution in [2.24, 2.45) is 5.41 Å². The minimum Gasteiger partial charge on any atom is -0.492 e. The predicted molar refractivity (Wildman–Crippen MR) is 72.1 cm³/mol. The lowest BCUT2D eigenvalue weighted by Crippen LogP contribution is -2.18. The van der Waals surface area contributed by atoms with Crippen LogP contribution < -0.4 is 4.74 Å². The SMILES string of the molecule is CCOC(=O)c1ccc(C)cc1OCC(C)(C)C. The van der Waals surface area contributed by atoms with E-state index in [4.69, 9.17) is 9.47 Å². The molecule has 18 heavy (non-hydrogen) atoms. The molecule has 0 N–H and O–H groups in total. The minimum atomic E-state index is -0.332. The molecule has 0 aliphatic rings. The standard InChI is InChI=1S/C15H22O3/c1-6-17-14(16)12-8-7-11(2)9-13(12)18-10-15(3,4)5/h7-9H,6,10H2,1-5H3. The molecule has 0 radical (unpaired) electrons. The van der Waals surface area contributed by atoms with Crippen LogP contribution in [0, 0.1) is 12.3 Å². The summed E-state index contributed by atoms with van der Waals surface area (Å²) in [5, 5.41) is 0. The van der Waals surface area contributed by atoms with Gasteiger partial charge in [-0.1, -0.05) is 26.8 Å². The Balaban J connectivity index is 2.93. The van der Waals surface area contributed by atoms with Crippen LogP contribution in [-0.4, -0.2) is 19.2 Å². The van der Waals surface area contributed by atoms with E-state index in [1.165, 1.54) is 0 Å². The summed E-state index contributed by atoms with van der Waals surface area (Å²) in [6.45, 7) is 11.0. The second kappa shape index (κ2) is 5.89. The Morgan fingerprint density at radius 3 is 2.50 bits per heavy atom. The molecule has 1 aromatic carbocycles. The minimum absolute atomic E-state index is 0.0513. The first kappa shape index (κ1) is 14.6. The molecule has 0 atom stereocenters. The van der Waals surface area contributed by atoms with Crippen molar-refractivity contribution >= 4 is 5.97 Å². The van der Waals surface area contributed by atoms with Gasteiger partial charge in [-0.15, -0.1) is 0 Å². The van der Waals surface area contributed by atoms with E-state index in [2.05, 4.69) is 20.8 Å². The lowest BCUT2D eigenvalue weighted by atomic mass is 9.98. The third kappa shape index (κ3) is 4.40. The van der Waals surface area contributed by atoms with Gasteiger partial charge in [-0.05, 0) is 37.0 Å². The largest absolute Gasteiger partial charge is 0.492 e. The zero-order chi connectivity index (χ0) is 13.8. The molecule has 0 fully saturated rings. The quantitative estimate of drug-likeness (QED) is 0.766. The molecule has 0 saturated heterocycles. The van der Waals surface area contributed by atoms with Crippen LogP contribution in [-0.2, 0) is 4.74 Å². The van der Waals surface area contributed by atoms with Gasteiger partial charge in [0.15, 0.2) is 0 Å². The molecule has 0 bridgehead atoms. The van der Waals surface area contributed by atoms with Gasteiger partial charge in [0, 0.05) is 0 Å². The van der Waals surface area contributed by atoms with E-state index < -0.39 is 0 Å². The van der Waals surface area contributed by atoms with E-state index in [9.17, 15) is 4.79 Å². The number of benzene rings is 1. The second-order valence-electron chi connectivity index (χ2n) is 5.57. The molecule has 3 heteroatoms. The van der Waals surface area contributed by atoms with Crippen LogP contribution in [0.25, 0.3) is 0 Å². The predicted octanol–water partition coefficient (Wildman–Crippen LogP) is 3.60. The first-order chi connectivity index (χ1) is 8.33. The number of aryl methyl sites for hydroxylation is 1. The third-order valence-electron chi connectivity index (χ3n) is 2.29. The molecule has 1 rings (SSSR count). The molecule has 3 nitrogen and oxygen atoms in total.